The highest BCUT2D eigenvalue weighted by Gasteiger charge is 2.25. The number of hydrogen-bond donors (Lipinski definition) is 1. The van der Waals surface area contributed by atoms with Gasteiger partial charge < -0.3 is 19.3 Å². The topological polar surface area (TPSA) is 48.2 Å². The molecular weight excluding hydrogens is 302 g/mol. The Morgan fingerprint density at radius 2 is 2.04 bits per heavy atom. The van der Waals surface area contributed by atoms with Gasteiger partial charge in [-0.15, -0.1) is 0 Å². The van der Waals surface area contributed by atoms with Gasteiger partial charge in [0.05, 0.1) is 11.7 Å². The molecule has 128 valence electrons. The molecular formula is C19H25N3O2. The van der Waals surface area contributed by atoms with Crippen LogP contribution in [-0.2, 0) is 0 Å². The molecule has 0 aromatic carbocycles. The van der Waals surface area contributed by atoms with Crippen molar-refractivity contribution in [1.29, 1.82) is 0 Å². The minimum absolute atomic E-state index is 0.0140. The summed E-state index contributed by atoms with van der Waals surface area (Å²) in [6.07, 6.45) is 5.86. The highest BCUT2D eigenvalue weighted by molar-refractivity contribution is 5.94. The van der Waals surface area contributed by atoms with Crippen LogP contribution in [0, 0.1) is 5.92 Å². The molecule has 2 fully saturated rings. The smallest absolute Gasteiger partial charge is 0.255 e. The van der Waals surface area contributed by atoms with E-state index >= 15 is 0 Å². The van der Waals surface area contributed by atoms with Crippen LogP contribution in [0.1, 0.15) is 36.0 Å². The Kier molecular flexibility index (Phi) is 3.96. The van der Waals surface area contributed by atoms with Crippen LogP contribution in [0.2, 0.25) is 0 Å². The summed E-state index contributed by atoms with van der Waals surface area (Å²) < 4.78 is 2.11. The van der Waals surface area contributed by atoms with Crippen molar-refractivity contribution in [3.8, 4) is 0 Å². The molecule has 1 saturated heterocycles. The first-order valence-electron chi connectivity index (χ1n) is 8.91. The molecule has 5 nitrogen and oxygen atoms in total. The van der Waals surface area contributed by atoms with Gasteiger partial charge in [0.25, 0.3) is 5.91 Å². The van der Waals surface area contributed by atoms with Gasteiger partial charge in [-0.25, -0.2) is 0 Å². The summed E-state index contributed by atoms with van der Waals surface area (Å²) in [4.78, 5) is 16.8. The van der Waals surface area contributed by atoms with E-state index < -0.39 is 6.10 Å². The summed E-state index contributed by atoms with van der Waals surface area (Å²) in [6.45, 7) is 2.24. The summed E-state index contributed by atoms with van der Waals surface area (Å²) in [5, 5.41) is 9.82. The molecule has 0 radical (unpaired) electrons. The summed E-state index contributed by atoms with van der Waals surface area (Å²) in [5.41, 5.74) is 1.79. The van der Waals surface area contributed by atoms with E-state index in [0.29, 0.717) is 12.1 Å². The molecule has 1 N–H and O–H groups in total. The summed E-state index contributed by atoms with van der Waals surface area (Å²) >= 11 is 0. The number of fused-ring (bicyclic) bond motifs is 1. The third kappa shape index (κ3) is 3.00. The third-order valence-electron chi connectivity index (χ3n) is 5.18. The predicted molar refractivity (Wildman–Crippen MR) is 94.5 cm³/mol. The minimum Gasteiger partial charge on any atom is -0.391 e. The highest BCUT2D eigenvalue weighted by atomic mass is 16.3. The van der Waals surface area contributed by atoms with Gasteiger partial charge in [-0.05, 0) is 55.9 Å². The van der Waals surface area contributed by atoms with Gasteiger partial charge in [-0.3, -0.25) is 4.79 Å². The molecule has 1 saturated carbocycles. The number of piperidine rings is 1. The Bertz CT molecular complexity index is 750. The number of pyridine rings is 1. The van der Waals surface area contributed by atoms with Crippen molar-refractivity contribution < 1.29 is 9.90 Å². The molecule has 1 aliphatic heterocycles. The maximum atomic E-state index is 12.8. The van der Waals surface area contributed by atoms with Crippen molar-refractivity contribution in [2.45, 2.75) is 31.8 Å². The van der Waals surface area contributed by atoms with Crippen LogP contribution < -0.4 is 4.90 Å². The Balaban J connectivity index is 1.60. The lowest BCUT2D eigenvalue weighted by Crippen LogP contribution is -2.42. The van der Waals surface area contributed by atoms with Gasteiger partial charge in [0, 0.05) is 38.4 Å². The van der Waals surface area contributed by atoms with Gasteiger partial charge in [-0.2, -0.15) is 0 Å². The number of amides is 1. The first-order valence-corrected chi connectivity index (χ1v) is 8.91. The van der Waals surface area contributed by atoms with Crippen LogP contribution in [0.4, 0.5) is 5.82 Å². The van der Waals surface area contributed by atoms with Crippen molar-refractivity contribution in [2.75, 3.05) is 31.6 Å². The molecule has 24 heavy (non-hydrogen) atoms. The van der Waals surface area contributed by atoms with Gasteiger partial charge in [0.2, 0.25) is 0 Å². The molecule has 2 aromatic heterocycles. The largest absolute Gasteiger partial charge is 0.391 e. The number of likely N-dealkylation sites (tertiary alicyclic amines) is 1. The van der Waals surface area contributed by atoms with E-state index in [1.54, 1.807) is 4.90 Å². The van der Waals surface area contributed by atoms with Crippen LogP contribution in [0.15, 0.2) is 30.5 Å². The zero-order valence-corrected chi connectivity index (χ0v) is 14.2. The number of β-amino-alcohol motifs (C(OH)–C–C–N with tert-alkyl or cyclic N) is 1. The van der Waals surface area contributed by atoms with Crippen molar-refractivity contribution in [1.82, 2.24) is 9.30 Å². The molecule has 1 atom stereocenters. The minimum atomic E-state index is -0.391. The van der Waals surface area contributed by atoms with Gasteiger partial charge in [0.1, 0.15) is 5.82 Å². The molecule has 5 heteroatoms. The second kappa shape index (κ2) is 6.13. The van der Waals surface area contributed by atoms with E-state index in [1.165, 1.54) is 12.8 Å². The lowest BCUT2D eigenvalue weighted by Gasteiger charge is -2.30. The molecule has 2 aliphatic rings. The molecule has 4 rings (SSSR count). The summed E-state index contributed by atoms with van der Waals surface area (Å²) in [7, 11) is 2.12. The number of carbonyl (C=O) groups is 1. The van der Waals surface area contributed by atoms with Gasteiger partial charge in [0.15, 0.2) is 0 Å². The van der Waals surface area contributed by atoms with E-state index in [-0.39, 0.29) is 5.91 Å². The second-order valence-electron chi connectivity index (χ2n) is 7.28. The molecule has 0 unspecified atom stereocenters. The van der Waals surface area contributed by atoms with Crippen LogP contribution in [-0.4, -0.2) is 53.1 Å². The SMILES string of the molecule is CN(CC1CC1)c1ccc2ccc(C(=O)N3CCC[C@@H](O)C3)cn12. The van der Waals surface area contributed by atoms with Gasteiger partial charge in [-0.1, -0.05) is 0 Å². The molecule has 1 aliphatic carbocycles. The van der Waals surface area contributed by atoms with Crippen molar-refractivity contribution in [2.24, 2.45) is 5.92 Å². The average Bonchev–Trinajstić information content (AvgIpc) is 3.29. The maximum absolute atomic E-state index is 12.8. The first kappa shape index (κ1) is 15.5. The number of nitrogens with zero attached hydrogens (tertiary/aromatic N) is 3. The van der Waals surface area contributed by atoms with E-state index in [0.717, 1.165) is 43.2 Å². The zero-order valence-electron chi connectivity index (χ0n) is 14.2. The number of carbonyl (C=O) groups excluding carboxylic acids is 1. The fraction of sp³-hybridized carbons (Fsp3) is 0.526. The number of hydrogen-bond acceptors (Lipinski definition) is 3. The van der Waals surface area contributed by atoms with Crippen molar-refractivity contribution in [3.63, 3.8) is 0 Å². The van der Waals surface area contributed by atoms with Crippen molar-refractivity contribution in [3.05, 3.63) is 36.0 Å². The maximum Gasteiger partial charge on any atom is 0.255 e. The van der Waals surface area contributed by atoms with Gasteiger partial charge >= 0.3 is 0 Å². The normalized spacial score (nSPS) is 21.2. The lowest BCUT2D eigenvalue weighted by atomic mass is 10.1. The van der Waals surface area contributed by atoms with E-state index in [2.05, 4.69) is 28.5 Å². The number of anilines is 1. The van der Waals surface area contributed by atoms with Crippen LogP contribution in [0.3, 0.4) is 0 Å². The standard InChI is InChI=1S/C19H25N3O2/c1-20(11-14-4-5-14)18-9-8-16-7-6-15(12-22(16)18)19(24)21-10-2-3-17(23)13-21/h6-9,12,14,17,23H,2-5,10-11,13H2,1H3/t17-/m1/s1. The van der Waals surface area contributed by atoms with Crippen LogP contribution in [0.25, 0.3) is 5.52 Å². The summed E-state index contributed by atoms with van der Waals surface area (Å²) in [5.74, 6) is 1.96. The highest BCUT2D eigenvalue weighted by Crippen LogP contribution is 2.31. The fourth-order valence-corrected chi connectivity index (χ4v) is 3.63. The zero-order chi connectivity index (χ0) is 16.7. The number of aromatic nitrogens is 1. The second-order valence-corrected chi connectivity index (χ2v) is 7.28. The van der Waals surface area contributed by atoms with E-state index in [4.69, 9.17) is 0 Å². The Labute approximate surface area is 142 Å². The molecule has 0 spiro atoms. The van der Waals surface area contributed by atoms with Crippen LogP contribution in [0.5, 0.6) is 0 Å². The Morgan fingerprint density at radius 3 is 2.79 bits per heavy atom. The Morgan fingerprint density at radius 1 is 1.25 bits per heavy atom. The fourth-order valence-electron chi connectivity index (χ4n) is 3.63. The molecule has 3 heterocycles. The quantitative estimate of drug-likeness (QED) is 0.938. The molecule has 1 amide bonds. The number of aliphatic hydroxyl groups is 1. The Hall–Kier alpha value is -2.01. The van der Waals surface area contributed by atoms with Crippen LogP contribution >= 0.6 is 0 Å². The average molecular weight is 327 g/mol. The van der Waals surface area contributed by atoms with Crippen molar-refractivity contribution >= 4 is 17.2 Å². The number of aliphatic hydroxyl groups excluding tert-OH is 1. The molecule has 2 aromatic rings. The predicted octanol–water partition coefficient (Wildman–Crippen LogP) is 2.38. The number of rotatable bonds is 4. The first-order chi connectivity index (χ1) is 11.6. The lowest BCUT2D eigenvalue weighted by molar-refractivity contribution is 0.0473. The monoisotopic (exact) mass is 327 g/mol. The van der Waals surface area contributed by atoms with E-state index in [9.17, 15) is 9.90 Å². The third-order valence-corrected chi connectivity index (χ3v) is 5.18. The molecule has 0 bridgehead atoms. The van der Waals surface area contributed by atoms with E-state index in [1.807, 2.05) is 18.3 Å². The summed E-state index contributed by atoms with van der Waals surface area (Å²) in [6, 6.07) is 8.11.